The summed E-state index contributed by atoms with van der Waals surface area (Å²) in [5, 5.41) is 0. The van der Waals surface area contributed by atoms with Gasteiger partial charge in [-0.25, -0.2) is 8.61 Å². The van der Waals surface area contributed by atoms with Crippen LogP contribution in [-0.4, -0.2) is 34.8 Å². The summed E-state index contributed by atoms with van der Waals surface area (Å²) < 4.78 is 5.15. The van der Waals surface area contributed by atoms with Gasteiger partial charge in [-0.1, -0.05) is 33.1 Å². The molecule has 0 spiro atoms. The number of hydrogen-bond donors (Lipinski definition) is 0. The Morgan fingerprint density at radius 2 is 1.50 bits per heavy atom. The Morgan fingerprint density at radius 3 is 2.00 bits per heavy atom. The van der Waals surface area contributed by atoms with Crippen LogP contribution in [0.4, 0.5) is 0 Å². The van der Waals surface area contributed by atoms with Crippen LogP contribution in [0.25, 0.3) is 0 Å². The van der Waals surface area contributed by atoms with Crippen molar-refractivity contribution in [3.8, 4) is 0 Å². The number of hydrogen-bond acceptors (Lipinski definition) is 3. The molecule has 3 heteroatoms. The van der Waals surface area contributed by atoms with E-state index in [4.69, 9.17) is 0 Å². The Balaban J connectivity index is 2.23. The molecule has 0 saturated carbocycles. The molecule has 1 aliphatic heterocycles. The minimum Gasteiger partial charge on any atom is -0.237 e. The summed E-state index contributed by atoms with van der Waals surface area (Å²) in [5.74, 6) is 0. The van der Waals surface area contributed by atoms with Crippen molar-refractivity contribution >= 4 is 12.1 Å². The van der Waals surface area contributed by atoms with Crippen molar-refractivity contribution in [2.75, 3.05) is 26.2 Å². The summed E-state index contributed by atoms with van der Waals surface area (Å²) in [5.41, 5.74) is 0. The third-order valence-corrected chi connectivity index (χ3v) is 4.26. The molecule has 0 amide bonds. The second-order valence-electron chi connectivity index (χ2n) is 4.71. The normalized spacial score (nSPS) is 18.2. The summed E-state index contributed by atoms with van der Waals surface area (Å²) in [4.78, 5) is 0. The van der Waals surface area contributed by atoms with Crippen molar-refractivity contribution < 1.29 is 0 Å². The number of nitrogens with zero attached hydrogens (tertiary/aromatic N) is 2. The third kappa shape index (κ3) is 6.12. The minimum absolute atomic E-state index is 1.26. The quantitative estimate of drug-likeness (QED) is 0.597. The molecule has 0 aromatic carbocycles. The SMILES string of the molecule is CCCCN(CCCC)SN1CCCCC1. The predicted octanol–water partition coefficient (Wildman–Crippen LogP) is 3.94. The molecule has 1 fully saturated rings. The van der Waals surface area contributed by atoms with E-state index in [0.717, 1.165) is 0 Å². The van der Waals surface area contributed by atoms with Crippen molar-refractivity contribution in [3.63, 3.8) is 0 Å². The summed E-state index contributed by atoms with van der Waals surface area (Å²) in [7, 11) is 0. The van der Waals surface area contributed by atoms with E-state index in [1.807, 2.05) is 12.1 Å². The maximum absolute atomic E-state index is 2.58. The molecule has 0 aromatic rings. The van der Waals surface area contributed by atoms with Gasteiger partial charge in [0.15, 0.2) is 0 Å². The Bertz CT molecular complexity index is 150. The molecule has 0 radical (unpaired) electrons. The molecule has 1 rings (SSSR count). The minimum atomic E-state index is 1.26. The smallest absolute Gasteiger partial charge is 0.0101 e. The van der Waals surface area contributed by atoms with E-state index in [2.05, 4.69) is 22.5 Å². The Kier molecular flexibility index (Phi) is 8.34. The zero-order chi connectivity index (χ0) is 11.6. The maximum Gasteiger partial charge on any atom is 0.0101 e. The van der Waals surface area contributed by atoms with E-state index in [-0.39, 0.29) is 0 Å². The summed E-state index contributed by atoms with van der Waals surface area (Å²) in [6, 6.07) is 0. The van der Waals surface area contributed by atoms with Crippen LogP contribution in [0.3, 0.4) is 0 Å². The van der Waals surface area contributed by atoms with Crippen LogP contribution in [0.1, 0.15) is 58.8 Å². The molecule has 0 aliphatic carbocycles. The highest BCUT2D eigenvalue weighted by atomic mass is 32.2. The fourth-order valence-corrected chi connectivity index (χ4v) is 3.14. The molecule has 1 saturated heterocycles. The predicted molar refractivity (Wildman–Crippen MR) is 74.4 cm³/mol. The highest BCUT2D eigenvalue weighted by molar-refractivity contribution is 7.94. The maximum atomic E-state index is 2.58. The van der Waals surface area contributed by atoms with Gasteiger partial charge >= 0.3 is 0 Å². The second-order valence-corrected chi connectivity index (χ2v) is 5.90. The first-order chi connectivity index (χ1) is 7.86. The van der Waals surface area contributed by atoms with Gasteiger partial charge < -0.3 is 0 Å². The molecular formula is C13H28N2S. The third-order valence-electron chi connectivity index (χ3n) is 3.07. The molecule has 1 aliphatic rings. The first-order valence-electron chi connectivity index (χ1n) is 7.04. The molecule has 1 heterocycles. The van der Waals surface area contributed by atoms with Crippen molar-refractivity contribution in [1.29, 1.82) is 0 Å². The molecular weight excluding hydrogens is 216 g/mol. The lowest BCUT2D eigenvalue weighted by atomic mass is 10.2. The van der Waals surface area contributed by atoms with Gasteiger partial charge in [-0.3, -0.25) is 0 Å². The Hall–Kier alpha value is 0.270. The fraction of sp³-hybridized carbons (Fsp3) is 1.00. The van der Waals surface area contributed by atoms with E-state index in [9.17, 15) is 0 Å². The molecule has 96 valence electrons. The monoisotopic (exact) mass is 244 g/mol. The average molecular weight is 244 g/mol. The van der Waals surface area contributed by atoms with Gasteiger partial charge in [-0.05, 0) is 25.7 Å². The van der Waals surface area contributed by atoms with Crippen LogP contribution in [0.5, 0.6) is 0 Å². The average Bonchev–Trinajstić information content (AvgIpc) is 2.34. The molecule has 0 atom stereocenters. The van der Waals surface area contributed by atoms with Crippen molar-refractivity contribution in [3.05, 3.63) is 0 Å². The zero-order valence-electron chi connectivity index (χ0n) is 11.1. The van der Waals surface area contributed by atoms with Gasteiger partial charge in [0.05, 0.1) is 0 Å². The van der Waals surface area contributed by atoms with Crippen LogP contribution in [0.15, 0.2) is 0 Å². The summed E-state index contributed by atoms with van der Waals surface area (Å²) >= 11 is 2.01. The second kappa shape index (κ2) is 9.32. The van der Waals surface area contributed by atoms with Gasteiger partial charge in [-0.2, -0.15) is 0 Å². The topological polar surface area (TPSA) is 6.48 Å². The van der Waals surface area contributed by atoms with E-state index in [1.165, 1.54) is 71.1 Å². The van der Waals surface area contributed by atoms with E-state index < -0.39 is 0 Å². The largest absolute Gasteiger partial charge is 0.237 e. The zero-order valence-corrected chi connectivity index (χ0v) is 11.9. The van der Waals surface area contributed by atoms with E-state index in [1.54, 1.807) is 0 Å². The van der Waals surface area contributed by atoms with Crippen molar-refractivity contribution in [1.82, 2.24) is 8.61 Å². The standard InChI is InChI=1S/C13H28N2S/c1-3-5-10-14(11-6-4-2)16-15-12-8-7-9-13-15/h3-13H2,1-2H3. The number of rotatable bonds is 8. The Morgan fingerprint density at radius 1 is 0.938 bits per heavy atom. The summed E-state index contributed by atoms with van der Waals surface area (Å²) in [6.07, 6.45) is 9.51. The summed E-state index contributed by atoms with van der Waals surface area (Å²) in [6.45, 7) is 9.67. The molecule has 0 bridgehead atoms. The highest BCUT2D eigenvalue weighted by Crippen LogP contribution is 2.22. The van der Waals surface area contributed by atoms with Crippen molar-refractivity contribution in [2.45, 2.75) is 58.8 Å². The Labute approximate surface area is 106 Å². The van der Waals surface area contributed by atoms with E-state index >= 15 is 0 Å². The lowest BCUT2D eigenvalue weighted by Crippen LogP contribution is -2.30. The van der Waals surface area contributed by atoms with Gasteiger partial charge in [-0.15, -0.1) is 0 Å². The van der Waals surface area contributed by atoms with Crippen LogP contribution < -0.4 is 0 Å². The molecule has 0 N–H and O–H groups in total. The lowest BCUT2D eigenvalue weighted by Gasteiger charge is -2.31. The van der Waals surface area contributed by atoms with Crippen molar-refractivity contribution in [2.24, 2.45) is 0 Å². The highest BCUT2D eigenvalue weighted by Gasteiger charge is 2.14. The fourth-order valence-electron chi connectivity index (χ4n) is 1.97. The van der Waals surface area contributed by atoms with Gasteiger partial charge in [0.25, 0.3) is 0 Å². The first-order valence-corrected chi connectivity index (χ1v) is 7.77. The molecule has 16 heavy (non-hydrogen) atoms. The molecule has 2 nitrogen and oxygen atoms in total. The molecule has 0 aromatic heterocycles. The number of piperidine rings is 1. The van der Waals surface area contributed by atoms with Gasteiger partial charge in [0.2, 0.25) is 0 Å². The first kappa shape index (κ1) is 14.3. The number of unbranched alkanes of at least 4 members (excludes halogenated alkanes) is 2. The van der Waals surface area contributed by atoms with E-state index in [0.29, 0.717) is 0 Å². The van der Waals surface area contributed by atoms with Gasteiger partial charge in [0.1, 0.15) is 0 Å². The van der Waals surface area contributed by atoms with Crippen LogP contribution in [0.2, 0.25) is 0 Å². The van der Waals surface area contributed by atoms with Gasteiger partial charge in [0, 0.05) is 38.3 Å². The molecule has 0 unspecified atom stereocenters. The van der Waals surface area contributed by atoms with Crippen LogP contribution in [0, 0.1) is 0 Å². The lowest BCUT2D eigenvalue weighted by molar-refractivity contribution is 0.352. The van der Waals surface area contributed by atoms with Crippen LogP contribution >= 0.6 is 12.1 Å². The van der Waals surface area contributed by atoms with Crippen LogP contribution in [-0.2, 0) is 0 Å².